The zero-order valence-electron chi connectivity index (χ0n) is 25.8. The van der Waals surface area contributed by atoms with Crippen LogP contribution in [0.4, 0.5) is 9.18 Å². The first-order chi connectivity index (χ1) is 20.7. The summed E-state index contributed by atoms with van der Waals surface area (Å²) >= 11 is 12.3. The quantitative estimate of drug-likeness (QED) is 0.309. The highest BCUT2D eigenvalue weighted by Gasteiger charge is 2.36. The van der Waals surface area contributed by atoms with Crippen LogP contribution in [-0.4, -0.2) is 86.6 Å². The highest BCUT2D eigenvalue weighted by Crippen LogP contribution is 2.33. The van der Waals surface area contributed by atoms with Crippen molar-refractivity contribution >= 4 is 35.2 Å². The molecule has 0 bridgehead atoms. The molecule has 236 valence electrons. The monoisotopic (exact) mass is 644 g/mol. The zero-order chi connectivity index (χ0) is 31.8. The van der Waals surface area contributed by atoms with Gasteiger partial charge in [0.2, 0.25) is 0 Å². The molecule has 1 aromatic heterocycles. The largest absolute Gasteiger partial charge is 0.444 e. The van der Waals surface area contributed by atoms with Gasteiger partial charge >= 0.3 is 6.09 Å². The molecule has 3 aromatic rings. The number of ether oxygens (including phenoxy) is 1. The number of hydrogen-bond donors (Lipinski definition) is 0. The predicted octanol–water partition coefficient (Wildman–Crippen LogP) is 6.66. The van der Waals surface area contributed by atoms with Gasteiger partial charge in [0.05, 0.1) is 27.8 Å². The second kappa shape index (κ2) is 12.7. The molecule has 2 fully saturated rings. The molecule has 2 aliphatic heterocycles. The molecular weight excluding hydrogens is 606 g/mol. The summed E-state index contributed by atoms with van der Waals surface area (Å²) < 4.78 is 21.7. The SMILES string of the molecule is CC(C)(C)OC(=O)N1CCN(C(C)(C)c2cn(C3CCN(C(=O)c4ccc(F)cc4-c4ccc(Cl)c(Cl)c4)CC3)nn2)CC1. The first kappa shape index (κ1) is 32.2. The molecule has 2 amide bonds. The van der Waals surface area contributed by atoms with Gasteiger partial charge in [0, 0.05) is 44.8 Å². The smallest absolute Gasteiger partial charge is 0.410 e. The van der Waals surface area contributed by atoms with Crippen LogP contribution in [0.2, 0.25) is 10.0 Å². The van der Waals surface area contributed by atoms with Crippen LogP contribution in [-0.2, 0) is 10.3 Å². The minimum Gasteiger partial charge on any atom is -0.444 e. The van der Waals surface area contributed by atoms with Crippen LogP contribution in [0, 0.1) is 5.82 Å². The third kappa shape index (κ3) is 7.03. The number of piperidine rings is 1. The summed E-state index contributed by atoms with van der Waals surface area (Å²) in [7, 11) is 0. The van der Waals surface area contributed by atoms with E-state index >= 15 is 0 Å². The fraction of sp³-hybridized carbons (Fsp3) is 0.500. The summed E-state index contributed by atoms with van der Waals surface area (Å²) in [6.07, 6.45) is 3.15. The van der Waals surface area contributed by atoms with E-state index in [1.807, 2.05) is 31.6 Å². The molecule has 5 rings (SSSR count). The van der Waals surface area contributed by atoms with Crippen LogP contribution in [0.15, 0.2) is 42.6 Å². The van der Waals surface area contributed by atoms with E-state index in [4.69, 9.17) is 27.9 Å². The Hall–Kier alpha value is -3.21. The maximum atomic E-state index is 14.2. The number of hydrogen-bond acceptors (Lipinski definition) is 6. The molecule has 0 atom stereocenters. The fourth-order valence-corrected chi connectivity index (χ4v) is 6.08. The van der Waals surface area contributed by atoms with Crippen molar-refractivity contribution in [2.24, 2.45) is 0 Å². The third-order valence-corrected chi connectivity index (χ3v) is 9.17. The second-order valence-electron chi connectivity index (χ2n) is 12.9. The molecule has 0 N–H and O–H groups in total. The average Bonchev–Trinajstić information content (AvgIpc) is 3.49. The summed E-state index contributed by atoms with van der Waals surface area (Å²) in [5.74, 6) is -0.591. The van der Waals surface area contributed by atoms with Crippen LogP contribution in [0.25, 0.3) is 11.1 Å². The van der Waals surface area contributed by atoms with Gasteiger partial charge in [-0.2, -0.15) is 0 Å². The topological polar surface area (TPSA) is 83.8 Å². The first-order valence-electron chi connectivity index (χ1n) is 14.9. The van der Waals surface area contributed by atoms with Crippen molar-refractivity contribution < 1.29 is 18.7 Å². The molecular formula is C32H39Cl2FN6O3. The number of halogens is 3. The van der Waals surface area contributed by atoms with Gasteiger partial charge in [0.15, 0.2) is 0 Å². The zero-order valence-corrected chi connectivity index (χ0v) is 27.3. The lowest BCUT2D eigenvalue weighted by Gasteiger charge is -2.43. The minimum atomic E-state index is -0.522. The third-order valence-electron chi connectivity index (χ3n) is 8.43. The fourth-order valence-electron chi connectivity index (χ4n) is 5.78. The number of rotatable bonds is 5. The molecule has 44 heavy (non-hydrogen) atoms. The Labute approximate surface area is 267 Å². The van der Waals surface area contributed by atoms with E-state index in [-0.39, 0.29) is 23.6 Å². The number of amides is 2. The number of carbonyl (C=O) groups excluding carboxylic acids is 2. The van der Waals surface area contributed by atoms with Gasteiger partial charge in [0.1, 0.15) is 17.1 Å². The molecule has 2 aromatic carbocycles. The lowest BCUT2D eigenvalue weighted by Crippen LogP contribution is -2.55. The van der Waals surface area contributed by atoms with E-state index in [0.29, 0.717) is 78.8 Å². The van der Waals surface area contributed by atoms with Crippen LogP contribution < -0.4 is 0 Å². The van der Waals surface area contributed by atoms with Crippen molar-refractivity contribution in [1.29, 1.82) is 0 Å². The van der Waals surface area contributed by atoms with Gasteiger partial charge < -0.3 is 14.5 Å². The predicted molar refractivity (Wildman–Crippen MR) is 168 cm³/mol. The van der Waals surface area contributed by atoms with Crippen molar-refractivity contribution in [2.75, 3.05) is 39.3 Å². The van der Waals surface area contributed by atoms with Gasteiger partial charge in [-0.15, -0.1) is 5.10 Å². The number of aromatic nitrogens is 3. The maximum Gasteiger partial charge on any atom is 0.410 e. The molecule has 2 saturated heterocycles. The van der Waals surface area contributed by atoms with E-state index in [9.17, 15) is 14.0 Å². The molecule has 0 saturated carbocycles. The van der Waals surface area contributed by atoms with Crippen LogP contribution in [0.1, 0.15) is 69.6 Å². The van der Waals surface area contributed by atoms with Crippen LogP contribution in [0.5, 0.6) is 0 Å². The van der Waals surface area contributed by atoms with Gasteiger partial charge in [-0.3, -0.25) is 9.69 Å². The number of benzene rings is 2. The van der Waals surface area contributed by atoms with Crippen molar-refractivity contribution in [3.05, 3.63) is 69.7 Å². The van der Waals surface area contributed by atoms with E-state index in [1.54, 1.807) is 28.0 Å². The van der Waals surface area contributed by atoms with Gasteiger partial charge in [0.25, 0.3) is 5.91 Å². The summed E-state index contributed by atoms with van der Waals surface area (Å²) in [6, 6.07) is 9.31. The van der Waals surface area contributed by atoms with E-state index < -0.39 is 11.4 Å². The summed E-state index contributed by atoms with van der Waals surface area (Å²) in [4.78, 5) is 32.0. The molecule has 0 radical (unpaired) electrons. The number of nitrogens with zero attached hydrogens (tertiary/aromatic N) is 6. The molecule has 0 unspecified atom stereocenters. The highest BCUT2D eigenvalue weighted by molar-refractivity contribution is 6.42. The number of piperazine rings is 1. The van der Waals surface area contributed by atoms with E-state index in [1.165, 1.54) is 18.2 Å². The lowest BCUT2D eigenvalue weighted by molar-refractivity contribution is 0.000648. The van der Waals surface area contributed by atoms with Gasteiger partial charge in [-0.05, 0) is 88.9 Å². The Kier molecular flexibility index (Phi) is 9.26. The molecule has 0 spiro atoms. The van der Waals surface area contributed by atoms with Gasteiger partial charge in [-0.25, -0.2) is 13.9 Å². The minimum absolute atomic E-state index is 0.0999. The van der Waals surface area contributed by atoms with Crippen LogP contribution >= 0.6 is 23.2 Å². The standard InChI is InChI=1S/C32H39Cl2FN6O3/c1-31(2,3)44-30(43)39-14-16-40(17-15-39)32(4,5)28-20-41(37-36-28)23-10-12-38(13-11-23)29(42)24-8-7-22(35)19-25(24)21-6-9-26(33)27(34)18-21/h6-9,18-20,23H,10-17H2,1-5H3. The van der Waals surface area contributed by atoms with E-state index in [0.717, 1.165) is 5.69 Å². The summed E-state index contributed by atoms with van der Waals surface area (Å²) in [6.45, 7) is 13.5. The lowest BCUT2D eigenvalue weighted by atomic mass is 9.96. The molecule has 9 nitrogen and oxygen atoms in total. The van der Waals surface area contributed by atoms with Gasteiger partial charge in [-0.1, -0.05) is 34.5 Å². The molecule has 3 heterocycles. The Balaban J connectivity index is 1.21. The number of carbonyl (C=O) groups is 2. The Bertz CT molecular complexity index is 1520. The Morgan fingerprint density at radius 1 is 0.886 bits per heavy atom. The Morgan fingerprint density at radius 2 is 1.57 bits per heavy atom. The van der Waals surface area contributed by atoms with Crippen molar-refractivity contribution in [2.45, 2.75) is 64.6 Å². The van der Waals surface area contributed by atoms with Crippen molar-refractivity contribution in [1.82, 2.24) is 29.7 Å². The number of likely N-dealkylation sites (tertiary alicyclic amines) is 1. The van der Waals surface area contributed by atoms with Crippen molar-refractivity contribution in [3.8, 4) is 11.1 Å². The normalized spacial score (nSPS) is 17.2. The summed E-state index contributed by atoms with van der Waals surface area (Å²) in [5.41, 5.74) is 1.48. The van der Waals surface area contributed by atoms with Crippen molar-refractivity contribution in [3.63, 3.8) is 0 Å². The second-order valence-corrected chi connectivity index (χ2v) is 13.8. The summed E-state index contributed by atoms with van der Waals surface area (Å²) in [5, 5.41) is 9.75. The van der Waals surface area contributed by atoms with Crippen LogP contribution in [0.3, 0.4) is 0 Å². The average molecular weight is 646 g/mol. The Morgan fingerprint density at radius 3 is 2.20 bits per heavy atom. The first-order valence-corrected chi connectivity index (χ1v) is 15.7. The molecule has 2 aliphatic rings. The van der Waals surface area contributed by atoms with E-state index in [2.05, 4.69) is 29.1 Å². The maximum absolute atomic E-state index is 14.2. The highest BCUT2D eigenvalue weighted by atomic mass is 35.5. The molecule has 0 aliphatic carbocycles. The molecule has 12 heteroatoms.